The van der Waals surface area contributed by atoms with Crippen LogP contribution >= 0.6 is 0 Å². The highest BCUT2D eigenvalue weighted by molar-refractivity contribution is 5.76. The van der Waals surface area contributed by atoms with E-state index in [1.807, 2.05) is 36.9 Å². The maximum atomic E-state index is 13.5. The number of aryl methyl sites for hydroxylation is 1. The molecule has 2 fully saturated rings. The molecule has 0 N–H and O–H groups in total. The van der Waals surface area contributed by atoms with Gasteiger partial charge in [-0.3, -0.25) is 13.9 Å². The third-order valence-electron chi connectivity index (χ3n) is 6.91. The highest BCUT2D eigenvalue weighted by atomic mass is 16.2. The summed E-state index contributed by atoms with van der Waals surface area (Å²) in [4.78, 5) is 36.7. The van der Waals surface area contributed by atoms with Crippen LogP contribution in [0.2, 0.25) is 0 Å². The Morgan fingerprint density at radius 1 is 1.13 bits per heavy atom. The molecule has 1 saturated carbocycles. The van der Waals surface area contributed by atoms with Gasteiger partial charge in [-0.25, -0.2) is 14.8 Å². The van der Waals surface area contributed by atoms with Gasteiger partial charge in [0.15, 0.2) is 5.65 Å². The van der Waals surface area contributed by atoms with E-state index in [-0.39, 0.29) is 17.6 Å². The normalized spacial score (nSPS) is 20.0. The number of fused-ring (bicyclic) bond motifs is 1. The van der Waals surface area contributed by atoms with Crippen LogP contribution in [0.4, 0.5) is 0 Å². The third-order valence-corrected chi connectivity index (χ3v) is 6.91. The number of carbonyl (C=O) groups is 1. The molecular formula is C23H30N6O2. The Hall–Kier alpha value is -2.90. The van der Waals surface area contributed by atoms with Crippen LogP contribution in [0.1, 0.15) is 51.0 Å². The average Bonchev–Trinajstić information content (AvgIpc) is 3.54. The Kier molecular flexibility index (Phi) is 5.61. The van der Waals surface area contributed by atoms with Gasteiger partial charge >= 0.3 is 5.69 Å². The molecule has 0 aromatic carbocycles. The van der Waals surface area contributed by atoms with Crippen molar-refractivity contribution in [3.63, 3.8) is 0 Å². The number of amides is 1. The molecule has 164 valence electrons. The number of likely N-dealkylation sites (tertiary alicyclic amines) is 1. The SMILES string of the molecule is O=C(CCn1ccnc1)N1CC[C@@H](n2c(=O)n(CC3CCCCC3)c3cccnc32)C1. The fraction of sp³-hybridized carbons (Fsp3) is 0.565. The van der Waals surface area contributed by atoms with Gasteiger partial charge in [-0.05, 0) is 37.3 Å². The topological polar surface area (TPSA) is 78.0 Å². The van der Waals surface area contributed by atoms with Crippen molar-refractivity contribution in [3.05, 3.63) is 47.5 Å². The first-order valence-electron chi connectivity index (χ1n) is 11.5. The van der Waals surface area contributed by atoms with E-state index in [4.69, 9.17) is 0 Å². The minimum atomic E-state index is -0.0188. The van der Waals surface area contributed by atoms with E-state index < -0.39 is 0 Å². The van der Waals surface area contributed by atoms with Gasteiger partial charge in [0.05, 0.1) is 17.9 Å². The summed E-state index contributed by atoms with van der Waals surface area (Å²) < 4.78 is 5.70. The predicted molar refractivity (Wildman–Crippen MR) is 118 cm³/mol. The molecule has 1 aliphatic heterocycles. The number of carbonyl (C=O) groups excluding carboxylic acids is 1. The zero-order chi connectivity index (χ0) is 21.2. The summed E-state index contributed by atoms with van der Waals surface area (Å²) in [5, 5.41) is 0. The second-order valence-electron chi connectivity index (χ2n) is 8.95. The summed E-state index contributed by atoms with van der Waals surface area (Å²) >= 11 is 0. The van der Waals surface area contributed by atoms with Crippen LogP contribution in [0.25, 0.3) is 11.2 Å². The molecule has 8 heteroatoms. The molecule has 0 spiro atoms. The van der Waals surface area contributed by atoms with E-state index in [9.17, 15) is 9.59 Å². The number of hydrogen-bond donors (Lipinski definition) is 0. The van der Waals surface area contributed by atoms with Gasteiger partial charge in [0.2, 0.25) is 5.91 Å². The second-order valence-corrected chi connectivity index (χ2v) is 8.95. The van der Waals surface area contributed by atoms with Gasteiger partial charge in [-0.15, -0.1) is 0 Å². The summed E-state index contributed by atoms with van der Waals surface area (Å²) in [5.74, 6) is 0.693. The van der Waals surface area contributed by atoms with E-state index >= 15 is 0 Å². The molecule has 3 aromatic heterocycles. The molecule has 1 amide bonds. The van der Waals surface area contributed by atoms with Crippen molar-refractivity contribution in [2.45, 2.75) is 64.1 Å². The molecule has 1 atom stereocenters. The standard InChI is InChI=1S/C23H30N6O2/c30-21(9-12-26-14-11-24-17-26)27-13-8-19(16-27)29-22-20(7-4-10-25-22)28(23(29)31)15-18-5-2-1-3-6-18/h4,7,10-11,14,17-19H,1-3,5-6,8-9,12-13,15-16H2/t19-/m1/s1. The third kappa shape index (κ3) is 4.03. The molecule has 0 unspecified atom stereocenters. The zero-order valence-corrected chi connectivity index (χ0v) is 17.9. The summed E-state index contributed by atoms with van der Waals surface area (Å²) in [5.41, 5.74) is 1.70. The minimum Gasteiger partial charge on any atom is -0.340 e. The van der Waals surface area contributed by atoms with Gasteiger partial charge in [0.1, 0.15) is 0 Å². The van der Waals surface area contributed by atoms with Crippen LogP contribution in [0, 0.1) is 5.92 Å². The van der Waals surface area contributed by atoms with Crippen LogP contribution in [-0.2, 0) is 17.9 Å². The molecule has 2 aliphatic rings. The van der Waals surface area contributed by atoms with Crippen molar-refractivity contribution in [2.24, 2.45) is 5.92 Å². The summed E-state index contributed by atoms with van der Waals surface area (Å²) in [6.07, 6.45) is 14.5. The largest absolute Gasteiger partial charge is 0.340 e. The van der Waals surface area contributed by atoms with Gasteiger partial charge in [-0.2, -0.15) is 0 Å². The predicted octanol–water partition coefficient (Wildman–Crippen LogP) is 2.84. The van der Waals surface area contributed by atoms with Crippen LogP contribution in [0.15, 0.2) is 41.8 Å². The number of aromatic nitrogens is 5. The average molecular weight is 423 g/mol. The van der Waals surface area contributed by atoms with Crippen molar-refractivity contribution < 1.29 is 4.79 Å². The Morgan fingerprint density at radius 3 is 2.81 bits per heavy atom. The molecule has 0 bridgehead atoms. The Balaban J connectivity index is 1.34. The number of pyridine rings is 1. The molecule has 0 radical (unpaired) electrons. The molecule has 31 heavy (non-hydrogen) atoms. The summed E-state index contributed by atoms with van der Waals surface area (Å²) in [6, 6.07) is 3.89. The maximum absolute atomic E-state index is 13.5. The monoisotopic (exact) mass is 422 g/mol. The number of imidazole rings is 2. The zero-order valence-electron chi connectivity index (χ0n) is 17.9. The fourth-order valence-corrected chi connectivity index (χ4v) is 5.22. The lowest BCUT2D eigenvalue weighted by Crippen LogP contribution is -2.33. The van der Waals surface area contributed by atoms with E-state index in [2.05, 4.69) is 9.97 Å². The first-order valence-corrected chi connectivity index (χ1v) is 11.5. The minimum absolute atomic E-state index is 0.0188. The number of rotatable bonds is 6. The van der Waals surface area contributed by atoms with Crippen molar-refractivity contribution >= 4 is 17.1 Å². The molecular weight excluding hydrogens is 392 g/mol. The maximum Gasteiger partial charge on any atom is 0.330 e. The van der Waals surface area contributed by atoms with E-state index in [0.717, 1.165) is 24.1 Å². The van der Waals surface area contributed by atoms with Crippen molar-refractivity contribution in [1.29, 1.82) is 0 Å². The smallest absolute Gasteiger partial charge is 0.330 e. The van der Waals surface area contributed by atoms with Crippen molar-refractivity contribution in [1.82, 2.24) is 28.6 Å². The summed E-state index contributed by atoms with van der Waals surface area (Å²) in [6.45, 7) is 2.65. The number of hydrogen-bond acceptors (Lipinski definition) is 4. The highest BCUT2D eigenvalue weighted by Gasteiger charge is 2.31. The number of nitrogens with zero attached hydrogens (tertiary/aromatic N) is 6. The van der Waals surface area contributed by atoms with Gasteiger partial charge in [0.25, 0.3) is 0 Å². The van der Waals surface area contributed by atoms with Crippen LogP contribution < -0.4 is 5.69 Å². The Bertz CT molecular complexity index is 1090. The summed E-state index contributed by atoms with van der Waals surface area (Å²) in [7, 11) is 0. The van der Waals surface area contributed by atoms with Gasteiger partial charge in [-0.1, -0.05) is 19.3 Å². The Morgan fingerprint density at radius 2 is 2.00 bits per heavy atom. The van der Waals surface area contributed by atoms with E-state index in [1.165, 1.54) is 32.1 Å². The lowest BCUT2D eigenvalue weighted by molar-refractivity contribution is -0.130. The molecule has 8 nitrogen and oxygen atoms in total. The molecule has 5 rings (SSSR count). The van der Waals surface area contributed by atoms with Crippen LogP contribution in [0.5, 0.6) is 0 Å². The lowest BCUT2D eigenvalue weighted by atomic mass is 9.89. The van der Waals surface area contributed by atoms with Crippen molar-refractivity contribution in [3.8, 4) is 0 Å². The quantitative estimate of drug-likeness (QED) is 0.612. The Labute approximate surface area is 181 Å². The lowest BCUT2D eigenvalue weighted by Gasteiger charge is -2.21. The van der Waals surface area contributed by atoms with E-state index in [0.29, 0.717) is 32.0 Å². The van der Waals surface area contributed by atoms with Gasteiger partial charge < -0.3 is 9.47 Å². The van der Waals surface area contributed by atoms with Crippen LogP contribution in [-0.4, -0.2) is 47.6 Å². The molecule has 1 aliphatic carbocycles. The molecule has 3 aromatic rings. The van der Waals surface area contributed by atoms with Crippen LogP contribution in [0.3, 0.4) is 0 Å². The first-order chi connectivity index (χ1) is 15.2. The molecule has 4 heterocycles. The first kappa shape index (κ1) is 20.0. The highest BCUT2D eigenvalue weighted by Crippen LogP contribution is 2.28. The van der Waals surface area contributed by atoms with Gasteiger partial charge in [0, 0.05) is 51.2 Å². The fourth-order valence-electron chi connectivity index (χ4n) is 5.22. The van der Waals surface area contributed by atoms with Crippen molar-refractivity contribution in [2.75, 3.05) is 13.1 Å². The molecule has 1 saturated heterocycles. The van der Waals surface area contributed by atoms with E-state index in [1.54, 1.807) is 18.7 Å². The second kappa shape index (κ2) is 8.69.